The molecule has 17 heavy (non-hydrogen) atoms. The zero-order chi connectivity index (χ0) is 12.8. The lowest BCUT2D eigenvalue weighted by Gasteiger charge is -2.12. The number of carbonyl (C=O) groups is 1. The number of aliphatic hydroxyl groups excluding tert-OH is 1. The van der Waals surface area contributed by atoms with Gasteiger partial charge in [-0.1, -0.05) is 6.07 Å². The zero-order valence-electron chi connectivity index (χ0n) is 9.06. The number of halogens is 1. The largest absolute Gasteiger partial charge is 0.506 e. The van der Waals surface area contributed by atoms with Crippen LogP contribution in [-0.4, -0.2) is 39.8 Å². The van der Waals surface area contributed by atoms with Crippen LogP contribution < -0.4 is 5.32 Å². The molecule has 0 saturated carbocycles. The fourth-order valence-corrected chi connectivity index (χ4v) is 1.40. The number of aliphatic hydroxyl groups is 1. The van der Waals surface area contributed by atoms with Crippen molar-refractivity contribution in [2.45, 2.75) is 12.5 Å². The molecular weight excluding hydrogens is 246 g/mol. The topological polar surface area (TPSA) is 89.8 Å². The number of rotatable bonds is 6. The number of anilines is 1. The normalized spacial score (nSPS) is 12.1. The van der Waals surface area contributed by atoms with Gasteiger partial charge in [-0.3, -0.25) is 4.79 Å². The Morgan fingerprint density at radius 3 is 2.76 bits per heavy atom. The van der Waals surface area contributed by atoms with Crippen molar-refractivity contribution in [2.24, 2.45) is 0 Å². The summed E-state index contributed by atoms with van der Waals surface area (Å²) in [6.07, 6.45) is -0.841. The summed E-state index contributed by atoms with van der Waals surface area (Å²) in [5.41, 5.74) is 0.950. The molecule has 0 aliphatic heterocycles. The van der Waals surface area contributed by atoms with Crippen LogP contribution in [-0.2, 0) is 11.2 Å². The van der Waals surface area contributed by atoms with E-state index in [0.29, 0.717) is 11.3 Å². The standard InChI is InChI=1S/C11H14ClNO4/c12-5-8(14)6-13-9-3-7(4-11(16)17)1-2-10(9)15/h1-3,8,13-15H,4-6H2,(H,16,17). The molecule has 1 unspecified atom stereocenters. The van der Waals surface area contributed by atoms with Crippen molar-refractivity contribution in [3.05, 3.63) is 23.8 Å². The summed E-state index contributed by atoms with van der Waals surface area (Å²) in [4.78, 5) is 10.5. The Hall–Kier alpha value is -1.46. The summed E-state index contributed by atoms with van der Waals surface area (Å²) in [5.74, 6) is -0.855. The molecule has 0 aliphatic carbocycles. The van der Waals surface area contributed by atoms with Crippen LogP contribution in [0.3, 0.4) is 0 Å². The van der Waals surface area contributed by atoms with Crippen LogP contribution in [0.15, 0.2) is 18.2 Å². The highest BCUT2D eigenvalue weighted by Gasteiger charge is 2.07. The zero-order valence-corrected chi connectivity index (χ0v) is 9.81. The number of aliphatic carboxylic acids is 1. The van der Waals surface area contributed by atoms with Crippen LogP contribution in [0.5, 0.6) is 5.75 Å². The van der Waals surface area contributed by atoms with Crippen LogP contribution in [0.4, 0.5) is 5.69 Å². The van der Waals surface area contributed by atoms with Gasteiger partial charge in [-0.2, -0.15) is 0 Å². The van der Waals surface area contributed by atoms with E-state index in [0.717, 1.165) is 0 Å². The van der Waals surface area contributed by atoms with Crippen molar-refractivity contribution in [2.75, 3.05) is 17.7 Å². The maximum absolute atomic E-state index is 10.5. The van der Waals surface area contributed by atoms with Gasteiger partial charge in [0.15, 0.2) is 0 Å². The number of phenols is 1. The molecule has 94 valence electrons. The van der Waals surface area contributed by atoms with Gasteiger partial charge in [0.05, 0.1) is 24.1 Å². The van der Waals surface area contributed by atoms with E-state index < -0.39 is 12.1 Å². The summed E-state index contributed by atoms with van der Waals surface area (Å²) >= 11 is 5.43. The van der Waals surface area contributed by atoms with E-state index in [2.05, 4.69) is 5.32 Å². The molecule has 0 radical (unpaired) electrons. The number of hydrogen-bond acceptors (Lipinski definition) is 4. The third-order valence-corrected chi connectivity index (χ3v) is 2.48. The van der Waals surface area contributed by atoms with E-state index in [1.165, 1.54) is 18.2 Å². The highest BCUT2D eigenvalue weighted by molar-refractivity contribution is 6.18. The smallest absolute Gasteiger partial charge is 0.307 e. The highest BCUT2D eigenvalue weighted by atomic mass is 35.5. The fraction of sp³-hybridized carbons (Fsp3) is 0.364. The Balaban J connectivity index is 2.72. The van der Waals surface area contributed by atoms with Gasteiger partial charge in [0.1, 0.15) is 5.75 Å². The first-order valence-corrected chi connectivity index (χ1v) is 5.58. The predicted octanol–water partition coefficient (Wildman–Crippen LogP) is 1.03. The Labute approximate surface area is 104 Å². The van der Waals surface area contributed by atoms with Crippen LogP contribution in [0.1, 0.15) is 5.56 Å². The van der Waals surface area contributed by atoms with Crippen molar-refractivity contribution in [3.63, 3.8) is 0 Å². The summed E-state index contributed by atoms with van der Waals surface area (Å²) in [7, 11) is 0. The first-order valence-electron chi connectivity index (χ1n) is 5.04. The third-order valence-electron chi connectivity index (χ3n) is 2.12. The number of carboxylic acids is 1. The summed E-state index contributed by atoms with van der Waals surface area (Å²) in [6, 6.07) is 4.48. The second kappa shape index (κ2) is 6.32. The van der Waals surface area contributed by atoms with Gasteiger partial charge < -0.3 is 20.6 Å². The van der Waals surface area contributed by atoms with Gasteiger partial charge in [-0.05, 0) is 17.7 Å². The number of nitrogens with one attached hydrogen (secondary N) is 1. The van der Waals surface area contributed by atoms with E-state index in [-0.39, 0.29) is 24.6 Å². The average molecular weight is 260 g/mol. The van der Waals surface area contributed by atoms with Gasteiger partial charge in [-0.25, -0.2) is 0 Å². The fourth-order valence-electron chi connectivity index (χ4n) is 1.29. The number of aromatic hydroxyl groups is 1. The maximum Gasteiger partial charge on any atom is 0.307 e. The number of benzene rings is 1. The minimum atomic E-state index is -0.942. The minimum Gasteiger partial charge on any atom is -0.506 e. The van der Waals surface area contributed by atoms with Crippen molar-refractivity contribution < 1.29 is 20.1 Å². The average Bonchev–Trinajstić information content (AvgIpc) is 2.28. The molecular formula is C11H14ClNO4. The lowest BCUT2D eigenvalue weighted by molar-refractivity contribution is -0.136. The molecule has 1 rings (SSSR count). The second-order valence-electron chi connectivity index (χ2n) is 3.61. The molecule has 1 atom stereocenters. The van der Waals surface area contributed by atoms with E-state index in [9.17, 15) is 15.0 Å². The molecule has 1 aromatic carbocycles. The second-order valence-corrected chi connectivity index (χ2v) is 3.92. The minimum absolute atomic E-state index is 0.000844. The number of hydrogen-bond donors (Lipinski definition) is 4. The molecule has 0 fully saturated rings. The lowest BCUT2D eigenvalue weighted by atomic mass is 10.1. The Morgan fingerprint density at radius 2 is 2.18 bits per heavy atom. The Bertz CT molecular complexity index is 397. The summed E-state index contributed by atoms with van der Waals surface area (Å²) < 4.78 is 0. The molecule has 0 amide bonds. The number of alkyl halides is 1. The number of phenolic OH excluding ortho intramolecular Hbond substituents is 1. The first-order chi connectivity index (χ1) is 8.02. The van der Waals surface area contributed by atoms with Crippen LogP contribution in [0, 0.1) is 0 Å². The predicted molar refractivity (Wildman–Crippen MR) is 64.7 cm³/mol. The van der Waals surface area contributed by atoms with E-state index in [1.807, 2.05) is 0 Å². The molecule has 0 saturated heterocycles. The summed E-state index contributed by atoms with van der Waals surface area (Å²) in [6.45, 7) is 0.188. The van der Waals surface area contributed by atoms with Gasteiger partial charge in [0.25, 0.3) is 0 Å². The first kappa shape index (κ1) is 13.6. The molecule has 5 nitrogen and oxygen atoms in total. The lowest BCUT2D eigenvalue weighted by Crippen LogP contribution is -2.20. The molecule has 4 N–H and O–H groups in total. The van der Waals surface area contributed by atoms with Crippen molar-refractivity contribution in [1.82, 2.24) is 0 Å². The highest BCUT2D eigenvalue weighted by Crippen LogP contribution is 2.24. The Morgan fingerprint density at radius 1 is 1.47 bits per heavy atom. The van der Waals surface area contributed by atoms with Gasteiger partial charge in [0, 0.05) is 6.54 Å². The Kier molecular flexibility index (Phi) is 5.06. The van der Waals surface area contributed by atoms with Crippen molar-refractivity contribution in [1.29, 1.82) is 0 Å². The molecule has 1 aromatic rings. The monoisotopic (exact) mass is 259 g/mol. The van der Waals surface area contributed by atoms with Gasteiger partial charge in [-0.15, -0.1) is 11.6 Å². The SMILES string of the molecule is O=C(O)Cc1ccc(O)c(NCC(O)CCl)c1. The van der Waals surface area contributed by atoms with Crippen LogP contribution in [0.2, 0.25) is 0 Å². The van der Waals surface area contributed by atoms with Gasteiger partial charge >= 0.3 is 5.97 Å². The molecule has 0 heterocycles. The molecule has 0 spiro atoms. The molecule has 6 heteroatoms. The van der Waals surface area contributed by atoms with Crippen molar-refractivity contribution >= 4 is 23.3 Å². The molecule has 0 bridgehead atoms. The van der Waals surface area contributed by atoms with E-state index >= 15 is 0 Å². The molecule has 0 aliphatic rings. The van der Waals surface area contributed by atoms with Crippen LogP contribution in [0.25, 0.3) is 0 Å². The molecule has 0 aromatic heterocycles. The maximum atomic E-state index is 10.5. The van der Waals surface area contributed by atoms with E-state index in [1.54, 1.807) is 0 Å². The third kappa shape index (κ3) is 4.50. The quantitative estimate of drug-likeness (QED) is 0.453. The van der Waals surface area contributed by atoms with Gasteiger partial charge in [0.2, 0.25) is 0 Å². The van der Waals surface area contributed by atoms with E-state index in [4.69, 9.17) is 16.7 Å². The van der Waals surface area contributed by atoms with Crippen LogP contribution >= 0.6 is 11.6 Å². The van der Waals surface area contributed by atoms with Crippen molar-refractivity contribution in [3.8, 4) is 5.75 Å². The summed E-state index contributed by atoms with van der Waals surface area (Å²) in [5, 5.41) is 30.2. The number of carboxylic acid groups (broad SMARTS) is 1.